The number of rotatable bonds is 7. The van der Waals surface area contributed by atoms with Gasteiger partial charge in [0.15, 0.2) is 4.96 Å². The number of aromatic nitrogens is 2. The van der Waals surface area contributed by atoms with Crippen molar-refractivity contribution in [2.75, 3.05) is 6.54 Å². The quantitative estimate of drug-likeness (QED) is 0.615. The first kappa shape index (κ1) is 17.3. The van der Waals surface area contributed by atoms with Gasteiger partial charge in [0.25, 0.3) is 5.91 Å². The van der Waals surface area contributed by atoms with Gasteiger partial charge >= 0.3 is 0 Å². The van der Waals surface area contributed by atoms with Gasteiger partial charge in [-0.05, 0) is 18.2 Å². The molecule has 3 rings (SSSR count). The summed E-state index contributed by atoms with van der Waals surface area (Å²) in [6.07, 6.45) is 5.18. The molecule has 0 spiro atoms. The molecule has 0 atom stereocenters. The summed E-state index contributed by atoms with van der Waals surface area (Å²) >= 11 is 1.51. The number of nitrogens with one attached hydrogen (secondary N) is 2. The number of thiazole rings is 1. The van der Waals surface area contributed by atoms with E-state index in [2.05, 4.69) is 21.6 Å². The molecule has 2 N–H and O–H groups in total. The van der Waals surface area contributed by atoms with Crippen LogP contribution < -0.4 is 10.0 Å². The molecular weight excluding hydrogens is 360 g/mol. The van der Waals surface area contributed by atoms with E-state index in [4.69, 9.17) is 0 Å². The van der Waals surface area contributed by atoms with Crippen LogP contribution in [0.3, 0.4) is 0 Å². The largest absolute Gasteiger partial charge is 0.346 e. The van der Waals surface area contributed by atoms with E-state index >= 15 is 0 Å². The van der Waals surface area contributed by atoms with Gasteiger partial charge in [0, 0.05) is 29.9 Å². The molecule has 1 aromatic carbocycles. The Balaban J connectivity index is 1.70. The number of amides is 1. The Labute approximate surface area is 149 Å². The second kappa shape index (κ2) is 7.18. The zero-order valence-corrected chi connectivity index (χ0v) is 14.8. The highest BCUT2D eigenvalue weighted by Crippen LogP contribution is 2.13. The fraction of sp³-hybridized carbons (Fsp3) is 0.125. The minimum Gasteiger partial charge on any atom is -0.346 e. The molecule has 0 aliphatic rings. The summed E-state index contributed by atoms with van der Waals surface area (Å²) in [6.45, 7) is 3.85. The molecule has 130 valence electrons. The van der Waals surface area contributed by atoms with Crippen LogP contribution in [0.25, 0.3) is 4.96 Å². The molecule has 2 heterocycles. The Morgan fingerprint density at radius 1 is 1.40 bits per heavy atom. The zero-order chi connectivity index (χ0) is 17.9. The van der Waals surface area contributed by atoms with E-state index in [-0.39, 0.29) is 29.5 Å². The first-order valence-electron chi connectivity index (χ1n) is 7.39. The van der Waals surface area contributed by atoms with Gasteiger partial charge in [-0.15, -0.1) is 17.9 Å². The topological polar surface area (TPSA) is 92.6 Å². The minimum absolute atomic E-state index is 0.0319. The first-order chi connectivity index (χ1) is 12.0. The number of imidazole rings is 1. The molecule has 9 heteroatoms. The molecule has 7 nitrogen and oxygen atoms in total. The average Bonchev–Trinajstić information content (AvgIpc) is 3.19. The van der Waals surface area contributed by atoms with Crippen molar-refractivity contribution in [2.45, 2.75) is 11.4 Å². The van der Waals surface area contributed by atoms with E-state index in [0.717, 1.165) is 10.7 Å². The van der Waals surface area contributed by atoms with Gasteiger partial charge in [-0.1, -0.05) is 12.1 Å². The molecular formula is C16H16N4O3S2. The number of fused-ring (bicyclic) bond motifs is 1. The highest BCUT2D eigenvalue weighted by Gasteiger charge is 2.15. The highest BCUT2D eigenvalue weighted by molar-refractivity contribution is 7.89. The third-order valence-corrected chi connectivity index (χ3v) is 5.59. The maximum Gasteiger partial charge on any atom is 0.251 e. The van der Waals surface area contributed by atoms with E-state index < -0.39 is 10.0 Å². The van der Waals surface area contributed by atoms with Gasteiger partial charge < -0.3 is 5.32 Å². The van der Waals surface area contributed by atoms with Crippen LogP contribution in [0.15, 0.2) is 59.6 Å². The van der Waals surface area contributed by atoms with Crippen molar-refractivity contribution in [2.24, 2.45) is 0 Å². The van der Waals surface area contributed by atoms with Crippen LogP contribution >= 0.6 is 11.3 Å². The highest BCUT2D eigenvalue weighted by atomic mass is 32.2. The van der Waals surface area contributed by atoms with Crippen LogP contribution in [0.5, 0.6) is 0 Å². The number of hydrogen-bond acceptors (Lipinski definition) is 5. The van der Waals surface area contributed by atoms with Gasteiger partial charge in [-0.3, -0.25) is 9.20 Å². The van der Waals surface area contributed by atoms with Crippen LogP contribution in [0.1, 0.15) is 16.1 Å². The second-order valence-electron chi connectivity index (χ2n) is 5.18. The number of sulfonamides is 1. The summed E-state index contributed by atoms with van der Waals surface area (Å²) in [5, 5.41) is 4.67. The number of carbonyl (C=O) groups is 1. The summed E-state index contributed by atoms with van der Waals surface area (Å²) < 4.78 is 28.5. The summed E-state index contributed by atoms with van der Waals surface area (Å²) in [5.74, 6) is -0.364. The summed E-state index contributed by atoms with van der Waals surface area (Å²) in [5.41, 5.74) is 0.999. The van der Waals surface area contributed by atoms with Crippen LogP contribution in [0.2, 0.25) is 0 Å². The molecule has 0 saturated heterocycles. The van der Waals surface area contributed by atoms with E-state index in [1.165, 1.54) is 35.6 Å². The Morgan fingerprint density at radius 2 is 2.24 bits per heavy atom. The van der Waals surface area contributed by atoms with Crippen molar-refractivity contribution in [3.05, 3.63) is 66.0 Å². The van der Waals surface area contributed by atoms with Gasteiger partial charge in [-0.25, -0.2) is 18.1 Å². The fourth-order valence-corrected chi connectivity index (χ4v) is 3.95. The fourth-order valence-electron chi connectivity index (χ4n) is 2.19. The maximum absolute atomic E-state index is 12.3. The molecule has 0 unspecified atom stereocenters. The summed E-state index contributed by atoms with van der Waals surface area (Å²) in [6, 6.07) is 5.87. The molecule has 0 aliphatic heterocycles. The lowest BCUT2D eigenvalue weighted by Crippen LogP contribution is -2.25. The lowest BCUT2D eigenvalue weighted by atomic mass is 10.2. The standard InChI is InChI=1S/C16H16N4O3S2/c1-2-6-18-25(22,23)14-5-3-4-12(9-14)15(21)17-10-13-11-20-7-8-24-16(20)19-13/h2-5,7-9,11,18H,1,6,10H2,(H,17,21). The number of nitrogens with zero attached hydrogens (tertiary/aromatic N) is 2. The normalized spacial score (nSPS) is 11.5. The molecule has 3 aromatic rings. The van der Waals surface area contributed by atoms with E-state index in [1.807, 2.05) is 22.2 Å². The molecule has 0 aliphatic carbocycles. The average molecular weight is 376 g/mol. The smallest absolute Gasteiger partial charge is 0.251 e. The molecule has 1 amide bonds. The molecule has 0 saturated carbocycles. The molecule has 0 fully saturated rings. The maximum atomic E-state index is 12.3. The first-order valence-corrected chi connectivity index (χ1v) is 9.76. The number of hydrogen-bond donors (Lipinski definition) is 2. The van der Waals surface area contributed by atoms with Crippen LogP contribution in [-0.2, 0) is 16.6 Å². The van der Waals surface area contributed by atoms with E-state index in [9.17, 15) is 13.2 Å². The van der Waals surface area contributed by atoms with Crippen molar-refractivity contribution >= 4 is 32.2 Å². The second-order valence-corrected chi connectivity index (χ2v) is 7.82. The Bertz CT molecular complexity index is 992. The zero-order valence-electron chi connectivity index (χ0n) is 13.2. The molecule has 2 aromatic heterocycles. The summed E-state index contributed by atoms with van der Waals surface area (Å²) in [4.78, 5) is 17.6. The van der Waals surface area contributed by atoms with Crippen molar-refractivity contribution < 1.29 is 13.2 Å². The van der Waals surface area contributed by atoms with Crippen molar-refractivity contribution in [3.63, 3.8) is 0 Å². The Morgan fingerprint density at radius 3 is 3.00 bits per heavy atom. The SMILES string of the molecule is C=CCNS(=O)(=O)c1cccc(C(=O)NCc2cn3ccsc3n2)c1. The van der Waals surface area contributed by atoms with Crippen LogP contribution in [-0.4, -0.2) is 30.3 Å². The predicted molar refractivity (Wildman–Crippen MR) is 96.1 cm³/mol. The van der Waals surface area contributed by atoms with Gasteiger partial charge in [0.1, 0.15) is 0 Å². The van der Waals surface area contributed by atoms with Crippen molar-refractivity contribution in [1.29, 1.82) is 0 Å². The van der Waals surface area contributed by atoms with Crippen molar-refractivity contribution in [3.8, 4) is 0 Å². The Hall–Kier alpha value is -2.49. The minimum atomic E-state index is -3.67. The lowest BCUT2D eigenvalue weighted by molar-refractivity contribution is 0.0950. The van der Waals surface area contributed by atoms with Gasteiger partial charge in [0.2, 0.25) is 10.0 Å². The summed E-state index contributed by atoms with van der Waals surface area (Å²) in [7, 11) is -3.67. The third-order valence-electron chi connectivity index (χ3n) is 3.40. The van der Waals surface area contributed by atoms with Crippen LogP contribution in [0, 0.1) is 0 Å². The molecule has 0 bridgehead atoms. The van der Waals surface area contributed by atoms with Crippen LogP contribution in [0.4, 0.5) is 0 Å². The van der Waals surface area contributed by atoms with Crippen molar-refractivity contribution in [1.82, 2.24) is 19.4 Å². The molecule has 25 heavy (non-hydrogen) atoms. The predicted octanol–water partition coefficient (Wildman–Crippen LogP) is 1.79. The van der Waals surface area contributed by atoms with Gasteiger partial charge in [-0.2, -0.15) is 0 Å². The third kappa shape index (κ3) is 3.95. The number of carbonyl (C=O) groups excluding carboxylic acids is 1. The lowest BCUT2D eigenvalue weighted by Gasteiger charge is -2.07. The monoisotopic (exact) mass is 376 g/mol. The van der Waals surface area contributed by atoms with E-state index in [1.54, 1.807) is 6.07 Å². The van der Waals surface area contributed by atoms with E-state index in [0.29, 0.717) is 0 Å². The number of benzene rings is 1. The Kier molecular flexibility index (Phi) is 4.98. The molecule has 0 radical (unpaired) electrons. The van der Waals surface area contributed by atoms with Gasteiger partial charge in [0.05, 0.1) is 17.1 Å².